The molecular formula is C13H19NO4. The van der Waals surface area contributed by atoms with Crippen LogP contribution >= 0.6 is 0 Å². The number of ether oxygens (including phenoxy) is 1. The maximum absolute atomic E-state index is 11.9. The van der Waals surface area contributed by atoms with Gasteiger partial charge in [0.25, 0.3) is 0 Å². The van der Waals surface area contributed by atoms with E-state index in [1.54, 1.807) is 11.0 Å². The number of rotatable bonds is 1. The Morgan fingerprint density at radius 1 is 1.39 bits per heavy atom. The van der Waals surface area contributed by atoms with Crippen molar-refractivity contribution < 1.29 is 19.4 Å². The molecule has 18 heavy (non-hydrogen) atoms. The van der Waals surface area contributed by atoms with Crippen molar-refractivity contribution in [2.75, 3.05) is 13.1 Å². The molecule has 100 valence electrons. The van der Waals surface area contributed by atoms with Gasteiger partial charge in [-0.3, -0.25) is 0 Å². The molecule has 0 saturated carbocycles. The lowest BCUT2D eigenvalue weighted by molar-refractivity contribution is -0.132. The van der Waals surface area contributed by atoms with Crippen LogP contribution in [-0.2, 0) is 9.53 Å². The molecule has 2 atom stereocenters. The minimum atomic E-state index is -0.840. The Kier molecular flexibility index (Phi) is 3.09. The number of carbonyl (C=O) groups excluding carboxylic acids is 1. The summed E-state index contributed by atoms with van der Waals surface area (Å²) in [5, 5.41) is 8.92. The molecule has 0 aromatic heterocycles. The van der Waals surface area contributed by atoms with Gasteiger partial charge in [0.15, 0.2) is 0 Å². The highest BCUT2D eigenvalue weighted by molar-refractivity contribution is 5.87. The van der Waals surface area contributed by atoms with Crippen LogP contribution < -0.4 is 0 Å². The van der Waals surface area contributed by atoms with Crippen LogP contribution in [0.1, 0.15) is 27.2 Å². The molecule has 5 heteroatoms. The second kappa shape index (κ2) is 4.30. The summed E-state index contributed by atoms with van der Waals surface area (Å²) in [5.41, 5.74) is -0.00883. The summed E-state index contributed by atoms with van der Waals surface area (Å²) in [6, 6.07) is 0. The fourth-order valence-corrected chi connectivity index (χ4v) is 2.54. The van der Waals surface area contributed by atoms with E-state index in [0.717, 1.165) is 0 Å². The lowest BCUT2D eigenvalue weighted by atomic mass is 10.00. The zero-order chi connectivity index (χ0) is 13.5. The first kappa shape index (κ1) is 12.9. The molecule has 0 aromatic rings. The minimum Gasteiger partial charge on any atom is -0.478 e. The average molecular weight is 253 g/mol. The van der Waals surface area contributed by atoms with Crippen molar-refractivity contribution in [3.63, 3.8) is 0 Å². The smallest absolute Gasteiger partial charge is 0.410 e. The summed E-state index contributed by atoms with van der Waals surface area (Å²) in [6.07, 6.45) is 2.04. The molecule has 0 unspecified atom stereocenters. The monoisotopic (exact) mass is 253 g/mol. The molecule has 1 heterocycles. The van der Waals surface area contributed by atoms with Crippen LogP contribution in [0, 0.1) is 11.8 Å². The summed E-state index contributed by atoms with van der Waals surface area (Å²) in [4.78, 5) is 24.4. The van der Waals surface area contributed by atoms with Crippen LogP contribution in [0.3, 0.4) is 0 Å². The number of fused-ring (bicyclic) bond motifs is 1. The van der Waals surface area contributed by atoms with Gasteiger partial charge in [0.1, 0.15) is 5.60 Å². The van der Waals surface area contributed by atoms with Crippen molar-refractivity contribution in [2.24, 2.45) is 11.8 Å². The molecule has 2 rings (SSSR count). The van der Waals surface area contributed by atoms with Crippen molar-refractivity contribution in [3.8, 4) is 0 Å². The van der Waals surface area contributed by atoms with E-state index in [0.29, 0.717) is 25.1 Å². The molecule has 2 aliphatic rings. The van der Waals surface area contributed by atoms with Crippen LogP contribution in [-0.4, -0.2) is 40.8 Å². The van der Waals surface area contributed by atoms with Crippen LogP contribution in [0.4, 0.5) is 4.79 Å². The molecule has 0 spiro atoms. The van der Waals surface area contributed by atoms with Crippen molar-refractivity contribution in [2.45, 2.75) is 32.8 Å². The molecule has 1 aliphatic carbocycles. The molecule has 0 bridgehead atoms. The third kappa shape index (κ3) is 2.66. The zero-order valence-corrected chi connectivity index (χ0v) is 11.0. The third-order valence-electron chi connectivity index (χ3n) is 3.32. The SMILES string of the molecule is CC(C)(C)OC(=O)N1C[C@@H]2CC(C(=O)O)=C[C@H]2C1. The number of hydrogen-bond acceptors (Lipinski definition) is 3. The van der Waals surface area contributed by atoms with E-state index in [4.69, 9.17) is 9.84 Å². The van der Waals surface area contributed by atoms with Gasteiger partial charge in [-0.2, -0.15) is 0 Å². The van der Waals surface area contributed by atoms with Gasteiger partial charge < -0.3 is 14.7 Å². The number of carboxylic acid groups (broad SMARTS) is 1. The predicted octanol–water partition coefficient (Wildman–Crippen LogP) is 1.88. The summed E-state index contributed by atoms with van der Waals surface area (Å²) in [7, 11) is 0. The highest BCUT2D eigenvalue weighted by atomic mass is 16.6. The molecule has 1 fully saturated rings. The van der Waals surface area contributed by atoms with E-state index in [1.165, 1.54) is 0 Å². The molecule has 5 nitrogen and oxygen atoms in total. The van der Waals surface area contributed by atoms with Gasteiger partial charge in [-0.1, -0.05) is 6.08 Å². The average Bonchev–Trinajstić information content (AvgIpc) is 2.69. The van der Waals surface area contributed by atoms with E-state index in [-0.39, 0.29) is 17.9 Å². The Morgan fingerprint density at radius 2 is 2.06 bits per heavy atom. The number of amides is 1. The number of hydrogen-bond donors (Lipinski definition) is 1. The van der Waals surface area contributed by atoms with Crippen LogP contribution in [0.5, 0.6) is 0 Å². The molecule has 1 aliphatic heterocycles. The van der Waals surface area contributed by atoms with E-state index in [1.807, 2.05) is 20.8 Å². The fourth-order valence-electron chi connectivity index (χ4n) is 2.54. The number of carboxylic acids is 1. The topological polar surface area (TPSA) is 66.8 Å². The largest absolute Gasteiger partial charge is 0.478 e. The number of nitrogens with zero attached hydrogens (tertiary/aromatic N) is 1. The van der Waals surface area contributed by atoms with Crippen LogP contribution in [0.15, 0.2) is 11.6 Å². The summed E-state index contributed by atoms with van der Waals surface area (Å²) in [5.74, 6) is -0.430. The standard InChI is InChI=1S/C13H19NO4/c1-13(2,3)18-12(17)14-6-9-4-8(11(15)16)5-10(9)7-14/h4,9-10H,5-7H2,1-3H3,(H,15,16)/t9-,10-/m0/s1. The highest BCUT2D eigenvalue weighted by Crippen LogP contribution is 2.37. The second-order valence-electron chi connectivity index (χ2n) is 6.01. The molecule has 0 aromatic carbocycles. The van der Waals surface area contributed by atoms with Crippen molar-refractivity contribution >= 4 is 12.1 Å². The van der Waals surface area contributed by atoms with Gasteiger partial charge in [0.2, 0.25) is 0 Å². The van der Waals surface area contributed by atoms with Gasteiger partial charge in [-0.15, -0.1) is 0 Å². The Hall–Kier alpha value is -1.52. The van der Waals surface area contributed by atoms with Gasteiger partial charge >= 0.3 is 12.1 Å². The van der Waals surface area contributed by atoms with Crippen molar-refractivity contribution in [1.82, 2.24) is 4.90 Å². The second-order valence-corrected chi connectivity index (χ2v) is 6.01. The number of likely N-dealkylation sites (tertiary alicyclic amines) is 1. The quantitative estimate of drug-likeness (QED) is 0.774. The van der Waals surface area contributed by atoms with E-state index < -0.39 is 11.6 Å². The Balaban J connectivity index is 1.95. The van der Waals surface area contributed by atoms with Crippen LogP contribution in [0.2, 0.25) is 0 Å². The number of aliphatic carboxylic acids is 1. The lowest BCUT2D eigenvalue weighted by Gasteiger charge is -2.24. The first-order valence-corrected chi connectivity index (χ1v) is 6.18. The van der Waals surface area contributed by atoms with Gasteiger partial charge in [0.05, 0.1) is 0 Å². The normalized spacial score (nSPS) is 26.8. The van der Waals surface area contributed by atoms with Gasteiger partial charge in [-0.05, 0) is 33.1 Å². The van der Waals surface area contributed by atoms with Gasteiger partial charge in [-0.25, -0.2) is 9.59 Å². The number of carbonyl (C=O) groups is 2. The van der Waals surface area contributed by atoms with E-state index in [9.17, 15) is 9.59 Å². The first-order valence-electron chi connectivity index (χ1n) is 6.18. The zero-order valence-electron chi connectivity index (χ0n) is 11.0. The fraction of sp³-hybridized carbons (Fsp3) is 0.692. The van der Waals surface area contributed by atoms with Crippen LogP contribution in [0.25, 0.3) is 0 Å². The molecule has 0 radical (unpaired) electrons. The Morgan fingerprint density at radius 3 is 2.56 bits per heavy atom. The maximum Gasteiger partial charge on any atom is 0.410 e. The summed E-state index contributed by atoms with van der Waals surface area (Å²) >= 11 is 0. The highest BCUT2D eigenvalue weighted by Gasteiger charge is 2.40. The first-order chi connectivity index (χ1) is 8.26. The lowest BCUT2D eigenvalue weighted by Crippen LogP contribution is -2.35. The van der Waals surface area contributed by atoms with Crippen molar-refractivity contribution in [3.05, 3.63) is 11.6 Å². The molecule has 1 saturated heterocycles. The van der Waals surface area contributed by atoms with E-state index >= 15 is 0 Å². The predicted molar refractivity (Wildman–Crippen MR) is 65.1 cm³/mol. The van der Waals surface area contributed by atoms with Crippen molar-refractivity contribution in [1.29, 1.82) is 0 Å². The maximum atomic E-state index is 11.9. The van der Waals surface area contributed by atoms with E-state index in [2.05, 4.69) is 0 Å². The summed E-state index contributed by atoms with van der Waals surface area (Å²) in [6.45, 7) is 6.67. The Labute approximate surface area is 106 Å². The molecule has 1 N–H and O–H groups in total. The minimum absolute atomic E-state index is 0.170. The molecule has 1 amide bonds. The Bertz CT molecular complexity index is 408. The summed E-state index contributed by atoms with van der Waals surface area (Å²) < 4.78 is 5.31. The molecular weight excluding hydrogens is 234 g/mol. The third-order valence-corrected chi connectivity index (χ3v) is 3.32. The van der Waals surface area contributed by atoms with Gasteiger partial charge in [0, 0.05) is 24.6 Å².